The number of esters is 1. The molecular weight excluding hydrogens is 485 g/mol. The molecule has 0 saturated heterocycles. The summed E-state index contributed by atoms with van der Waals surface area (Å²) in [5, 5.41) is 0. The Balaban J connectivity index is 2.29. The van der Waals surface area contributed by atoms with Gasteiger partial charge in [0.25, 0.3) is 5.56 Å². The maximum atomic E-state index is 16.0. The van der Waals surface area contributed by atoms with Gasteiger partial charge in [0, 0.05) is 29.8 Å². The van der Waals surface area contributed by atoms with Crippen LogP contribution in [0.25, 0.3) is 17.8 Å². The van der Waals surface area contributed by atoms with Gasteiger partial charge in [-0.25, -0.2) is 14.0 Å². The van der Waals surface area contributed by atoms with Crippen LogP contribution in [0.15, 0.2) is 46.1 Å². The third-order valence-electron chi connectivity index (χ3n) is 5.44. The fourth-order valence-electron chi connectivity index (χ4n) is 3.70. The van der Waals surface area contributed by atoms with Crippen molar-refractivity contribution in [3.63, 3.8) is 0 Å². The van der Waals surface area contributed by atoms with Crippen LogP contribution >= 0.6 is 11.9 Å². The largest absolute Gasteiger partial charge is 0.496 e. The molecule has 0 saturated carbocycles. The van der Waals surface area contributed by atoms with Gasteiger partial charge in [-0.2, -0.15) is 0 Å². The van der Waals surface area contributed by atoms with E-state index < -0.39 is 28.5 Å². The normalized spacial score (nSPS) is 11.5. The summed E-state index contributed by atoms with van der Waals surface area (Å²) in [7, 11) is 2.73. The number of ether oxygens (including phenoxy) is 2. The number of nitrogens with one attached hydrogen (secondary N) is 2. The summed E-state index contributed by atoms with van der Waals surface area (Å²) >= 11 is 1.37. The molecule has 0 unspecified atom stereocenters. The van der Waals surface area contributed by atoms with Crippen LogP contribution < -0.4 is 20.7 Å². The van der Waals surface area contributed by atoms with Crippen molar-refractivity contribution >= 4 is 35.8 Å². The second-order valence-corrected chi connectivity index (χ2v) is 9.48. The number of anilines is 1. The number of rotatable bonds is 7. The van der Waals surface area contributed by atoms with Gasteiger partial charge in [-0.3, -0.25) is 14.3 Å². The zero-order valence-corrected chi connectivity index (χ0v) is 21.7. The fourth-order valence-corrected chi connectivity index (χ4v) is 4.06. The Labute approximate surface area is 212 Å². The topological polar surface area (TPSA) is 102 Å². The zero-order valence-electron chi connectivity index (χ0n) is 20.9. The average molecular weight is 514 g/mol. The Kier molecular flexibility index (Phi) is 8.09. The molecule has 1 aromatic heterocycles. The summed E-state index contributed by atoms with van der Waals surface area (Å²) in [5.74, 6) is -0.987. The molecule has 0 radical (unpaired) electrons. The Morgan fingerprint density at radius 3 is 2.44 bits per heavy atom. The van der Waals surface area contributed by atoms with Gasteiger partial charge < -0.3 is 14.2 Å². The first kappa shape index (κ1) is 26.8. The van der Waals surface area contributed by atoms with Crippen LogP contribution in [-0.2, 0) is 10.2 Å². The first-order chi connectivity index (χ1) is 17.0. The molecule has 8 nitrogen and oxygen atoms in total. The smallest absolute Gasteiger partial charge is 0.338 e. The van der Waals surface area contributed by atoms with Gasteiger partial charge in [-0.05, 0) is 35.3 Å². The number of H-pyrrole nitrogens is 1. The number of halogens is 1. The van der Waals surface area contributed by atoms with Gasteiger partial charge in [0.05, 0.1) is 31.0 Å². The highest BCUT2D eigenvalue weighted by Crippen LogP contribution is 2.39. The number of carbonyl (C=O) groups excluding carboxylic acids is 1. The molecule has 3 aromatic rings. The monoisotopic (exact) mass is 513 g/mol. The van der Waals surface area contributed by atoms with Gasteiger partial charge in [0.15, 0.2) is 5.82 Å². The Morgan fingerprint density at radius 1 is 1.14 bits per heavy atom. The van der Waals surface area contributed by atoms with E-state index >= 15 is 4.39 Å². The number of benzene rings is 2. The quantitative estimate of drug-likeness (QED) is 0.270. The Hall–Kier alpha value is -3.79. The lowest BCUT2D eigenvalue weighted by atomic mass is 9.84. The second kappa shape index (κ2) is 10.9. The van der Waals surface area contributed by atoms with Crippen LogP contribution in [0.3, 0.4) is 0 Å². The van der Waals surface area contributed by atoms with Gasteiger partial charge in [0.1, 0.15) is 5.75 Å². The van der Waals surface area contributed by atoms with E-state index in [1.54, 1.807) is 24.3 Å². The van der Waals surface area contributed by atoms with Crippen molar-refractivity contribution in [2.24, 2.45) is 0 Å². The van der Waals surface area contributed by atoms with Crippen LogP contribution in [0.5, 0.6) is 5.75 Å². The van der Waals surface area contributed by atoms with E-state index in [0.717, 1.165) is 10.6 Å². The predicted molar refractivity (Wildman–Crippen MR) is 142 cm³/mol. The summed E-state index contributed by atoms with van der Waals surface area (Å²) in [5.41, 5.74) is 0.335. The molecule has 2 N–H and O–H groups in total. The molecular formula is C26H28FN3O5S. The molecule has 0 bridgehead atoms. The summed E-state index contributed by atoms with van der Waals surface area (Å²) in [4.78, 5) is 38.6. The van der Waals surface area contributed by atoms with E-state index in [0.29, 0.717) is 16.8 Å². The number of aromatic amines is 1. The van der Waals surface area contributed by atoms with E-state index in [1.807, 2.05) is 27.0 Å². The van der Waals surface area contributed by atoms with Crippen molar-refractivity contribution in [2.45, 2.75) is 26.2 Å². The molecule has 36 heavy (non-hydrogen) atoms. The molecule has 2 aromatic carbocycles. The summed E-state index contributed by atoms with van der Waals surface area (Å²) in [6.45, 7) is 5.80. The first-order valence-electron chi connectivity index (χ1n) is 10.9. The van der Waals surface area contributed by atoms with Gasteiger partial charge in [-0.15, -0.1) is 0 Å². The average Bonchev–Trinajstić information content (AvgIpc) is 2.82. The van der Waals surface area contributed by atoms with Crippen molar-refractivity contribution in [2.75, 3.05) is 25.2 Å². The lowest BCUT2D eigenvalue weighted by molar-refractivity contribution is 0.0600. The highest BCUT2D eigenvalue weighted by Gasteiger charge is 2.26. The van der Waals surface area contributed by atoms with Crippen molar-refractivity contribution in [1.82, 2.24) is 9.55 Å². The number of nitrogens with zero attached hydrogens (tertiary/aromatic N) is 1. The van der Waals surface area contributed by atoms with Crippen LogP contribution in [0.2, 0.25) is 0 Å². The van der Waals surface area contributed by atoms with E-state index in [1.165, 1.54) is 44.5 Å². The Morgan fingerprint density at radius 2 is 1.86 bits per heavy atom. The second-order valence-electron chi connectivity index (χ2n) is 8.87. The first-order valence-corrected chi connectivity index (χ1v) is 12.2. The van der Waals surface area contributed by atoms with Crippen molar-refractivity contribution < 1.29 is 18.7 Å². The fraction of sp³-hybridized carbons (Fsp3) is 0.269. The molecule has 0 spiro atoms. The summed E-state index contributed by atoms with van der Waals surface area (Å²) < 4.78 is 30.6. The molecule has 0 amide bonds. The molecule has 0 aliphatic carbocycles. The lowest BCUT2D eigenvalue weighted by Crippen LogP contribution is -2.28. The number of aromatic nitrogens is 2. The number of hydrogen-bond donors (Lipinski definition) is 2. The summed E-state index contributed by atoms with van der Waals surface area (Å²) in [6.07, 6.45) is 6.15. The standard InChI is InChI=1S/C26H28FN3O5S/c1-26(2,3)19-14-20(30-12-11-21(31)28-25(30)33)22(27)17(23(19)34-4)10-8-15-7-9-16(29-36-6)13-18(15)24(32)35-5/h7-14,29H,1-6H3,(H,28,31,33)/b10-8+. The number of hydrogen-bond acceptors (Lipinski definition) is 7. The van der Waals surface area contributed by atoms with Crippen LogP contribution in [0.1, 0.15) is 47.8 Å². The number of carbonyl (C=O) groups is 1. The van der Waals surface area contributed by atoms with Crippen LogP contribution in [-0.4, -0.2) is 36.0 Å². The third kappa shape index (κ3) is 5.54. The van der Waals surface area contributed by atoms with Crippen molar-refractivity contribution in [3.8, 4) is 11.4 Å². The highest BCUT2D eigenvalue weighted by atomic mass is 32.2. The predicted octanol–water partition coefficient (Wildman–Crippen LogP) is 4.62. The van der Waals surface area contributed by atoms with Crippen LogP contribution in [0, 0.1) is 5.82 Å². The Bertz CT molecular complexity index is 1440. The van der Waals surface area contributed by atoms with E-state index in [9.17, 15) is 14.4 Å². The lowest BCUT2D eigenvalue weighted by Gasteiger charge is -2.25. The highest BCUT2D eigenvalue weighted by molar-refractivity contribution is 7.99. The minimum atomic E-state index is -0.772. The molecule has 3 rings (SSSR count). The van der Waals surface area contributed by atoms with Crippen molar-refractivity contribution in [1.29, 1.82) is 0 Å². The minimum Gasteiger partial charge on any atom is -0.496 e. The van der Waals surface area contributed by atoms with E-state index in [-0.39, 0.29) is 22.6 Å². The van der Waals surface area contributed by atoms with E-state index in [4.69, 9.17) is 9.47 Å². The molecule has 0 aliphatic heterocycles. The van der Waals surface area contributed by atoms with Gasteiger partial charge in [0.2, 0.25) is 0 Å². The molecule has 10 heteroatoms. The zero-order chi connectivity index (χ0) is 26.6. The SMILES string of the molecule is COC(=O)c1cc(NSC)ccc1/C=C/c1c(F)c(-n2ccc(=O)[nH]c2=O)cc(C(C)(C)C)c1OC. The maximum absolute atomic E-state index is 16.0. The third-order valence-corrected chi connectivity index (χ3v) is 5.88. The van der Waals surface area contributed by atoms with Crippen molar-refractivity contribution in [3.05, 3.63) is 85.4 Å². The van der Waals surface area contributed by atoms with Gasteiger partial charge in [-0.1, -0.05) is 44.9 Å². The number of methoxy groups -OCH3 is 2. The van der Waals surface area contributed by atoms with E-state index in [2.05, 4.69) is 9.71 Å². The molecule has 0 aliphatic rings. The van der Waals surface area contributed by atoms with Crippen LogP contribution in [0.4, 0.5) is 10.1 Å². The maximum Gasteiger partial charge on any atom is 0.338 e. The molecule has 1 heterocycles. The van der Waals surface area contributed by atoms with Gasteiger partial charge >= 0.3 is 11.7 Å². The molecule has 0 fully saturated rings. The molecule has 190 valence electrons. The molecule has 0 atom stereocenters. The minimum absolute atomic E-state index is 0.0469. The summed E-state index contributed by atoms with van der Waals surface area (Å²) in [6, 6.07) is 7.82.